The van der Waals surface area contributed by atoms with Crippen LogP contribution < -0.4 is 4.74 Å². The van der Waals surface area contributed by atoms with Crippen LogP contribution in [-0.4, -0.2) is 58.7 Å². The Balaban J connectivity index is 1.19. The van der Waals surface area contributed by atoms with Crippen LogP contribution in [-0.2, 0) is 25.0 Å². The summed E-state index contributed by atoms with van der Waals surface area (Å²) in [6, 6.07) is 7.76. The van der Waals surface area contributed by atoms with Gasteiger partial charge in [0, 0.05) is 11.8 Å². The number of fused-ring (bicyclic) bond motifs is 1. The highest BCUT2D eigenvalue weighted by atomic mass is 32.1. The zero-order valence-corrected chi connectivity index (χ0v) is 20.6. The molecule has 6 unspecified atom stereocenters. The number of thiophene rings is 1. The Bertz CT molecular complexity index is 1100. The second-order valence-corrected chi connectivity index (χ2v) is 12.3. The van der Waals surface area contributed by atoms with Crippen LogP contribution in [0.5, 0.6) is 5.75 Å². The molecule has 3 heterocycles. The molecule has 1 spiro atoms. The maximum Gasteiger partial charge on any atom is 0.269 e. The summed E-state index contributed by atoms with van der Waals surface area (Å²) in [5, 5.41) is 31.3. The lowest BCUT2D eigenvalue weighted by atomic mass is 9.47. The number of benzene rings is 1. The van der Waals surface area contributed by atoms with Gasteiger partial charge in [-0.15, -0.1) is 11.3 Å². The average Bonchev–Trinajstić information content (AvgIpc) is 3.24. The Morgan fingerprint density at radius 1 is 0.914 bits per heavy atom. The van der Waals surface area contributed by atoms with Gasteiger partial charge < -0.3 is 29.5 Å². The van der Waals surface area contributed by atoms with Gasteiger partial charge in [0.05, 0.1) is 11.0 Å². The van der Waals surface area contributed by atoms with Crippen molar-refractivity contribution in [2.75, 3.05) is 7.11 Å². The van der Waals surface area contributed by atoms with Gasteiger partial charge in [0.15, 0.2) is 5.60 Å². The first kappa shape index (κ1) is 22.9. The summed E-state index contributed by atoms with van der Waals surface area (Å²) >= 11 is 1.64. The number of aliphatic hydroxyl groups excluding tert-OH is 3. The molecular weight excluding hydrogens is 472 g/mol. The van der Waals surface area contributed by atoms with E-state index in [0.29, 0.717) is 17.6 Å². The van der Waals surface area contributed by atoms with Gasteiger partial charge in [-0.05, 0) is 92.4 Å². The van der Waals surface area contributed by atoms with Crippen LogP contribution in [0.2, 0.25) is 0 Å². The molecule has 2 aromatic rings. The van der Waals surface area contributed by atoms with E-state index >= 15 is 0 Å². The summed E-state index contributed by atoms with van der Waals surface area (Å²) in [5.74, 6) is 2.12. The van der Waals surface area contributed by atoms with E-state index in [0.717, 1.165) is 26.8 Å². The molecule has 35 heavy (non-hydrogen) atoms. The molecule has 8 nitrogen and oxygen atoms in total. The highest BCUT2D eigenvalue weighted by Crippen LogP contribution is 2.70. The van der Waals surface area contributed by atoms with E-state index in [1.54, 1.807) is 25.4 Å². The summed E-state index contributed by atoms with van der Waals surface area (Å²) < 4.78 is 18.7. The molecule has 4 aliphatic carbocycles. The third kappa shape index (κ3) is 3.04. The van der Waals surface area contributed by atoms with Gasteiger partial charge in [0.25, 0.3) is 5.79 Å². The van der Waals surface area contributed by atoms with Gasteiger partial charge in [-0.1, -0.05) is 0 Å². The lowest BCUT2D eigenvalue weighted by Crippen LogP contribution is -2.76. The minimum absolute atomic E-state index is 0.428. The van der Waals surface area contributed by atoms with Crippen molar-refractivity contribution in [3.63, 3.8) is 0 Å². The third-order valence-electron chi connectivity index (χ3n) is 9.32. The van der Waals surface area contributed by atoms with E-state index in [2.05, 4.69) is 6.07 Å². The molecule has 3 N–H and O–H groups in total. The topological polar surface area (TPSA) is 107 Å². The van der Waals surface area contributed by atoms with Gasteiger partial charge in [0.2, 0.25) is 6.29 Å². The molecule has 8 rings (SSSR count). The molecule has 2 saturated heterocycles. The van der Waals surface area contributed by atoms with Crippen molar-refractivity contribution in [1.29, 1.82) is 0 Å². The number of hydrogen-bond acceptors (Lipinski definition) is 9. The molecule has 0 amide bonds. The Hall–Kier alpha value is -1.30. The Morgan fingerprint density at radius 3 is 2.26 bits per heavy atom. The monoisotopic (exact) mass is 504 g/mol. The van der Waals surface area contributed by atoms with Gasteiger partial charge in [-0.2, -0.15) is 4.89 Å². The molecule has 4 saturated carbocycles. The summed E-state index contributed by atoms with van der Waals surface area (Å²) in [4.78, 5) is 13.0. The zero-order valence-electron chi connectivity index (χ0n) is 19.8. The number of methoxy groups -OCH3 is 1. The van der Waals surface area contributed by atoms with Crippen molar-refractivity contribution in [3.8, 4) is 5.75 Å². The van der Waals surface area contributed by atoms with Gasteiger partial charge >= 0.3 is 0 Å². The van der Waals surface area contributed by atoms with Crippen molar-refractivity contribution in [2.24, 2.45) is 23.7 Å². The predicted molar refractivity (Wildman–Crippen MR) is 125 cm³/mol. The largest absolute Gasteiger partial charge is 0.462 e. The van der Waals surface area contributed by atoms with Crippen LogP contribution in [0.15, 0.2) is 24.3 Å². The van der Waals surface area contributed by atoms with Crippen molar-refractivity contribution in [2.45, 2.75) is 81.1 Å². The summed E-state index contributed by atoms with van der Waals surface area (Å²) in [5.41, 5.74) is -0.428. The molecule has 4 bridgehead atoms. The molecule has 6 aliphatic rings. The van der Waals surface area contributed by atoms with Crippen molar-refractivity contribution in [3.05, 3.63) is 29.1 Å². The molecule has 6 atom stereocenters. The number of aliphatic hydroxyl groups is 3. The third-order valence-corrected chi connectivity index (χ3v) is 10.5. The molecule has 1 aromatic heterocycles. The summed E-state index contributed by atoms with van der Waals surface area (Å²) in [6.45, 7) is 1.63. The van der Waals surface area contributed by atoms with Crippen molar-refractivity contribution < 1.29 is 39.3 Å². The molecule has 6 fully saturated rings. The highest BCUT2D eigenvalue weighted by molar-refractivity contribution is 7.19. The Labute approximate surface area is 207 Å². The normalized spacial score (nSPS) is 48.4. The van der Waals surface area contributed by atoms with Crippen molar-refractivity contribution in [1.82, 2.24) is 0 Å². The maximum atomic E-state index is 10.3. The molecule has 190 valence electrons. The van der Waals surface area contributed by atoms with E-state index in [1.165, 1.54) is 32.1 Å². The van der Waals surface area contributed by atoms with Gasteiger partial charge in [-0.3, -0.25) is 0 Å². The Morgan fingerprint density at radius 2 is 1.63 bits per heavy atom. The second-order valence-electron chi connectivity index (χ2n) is 11.2. The fourth-order valence-corrected chi connectivity index (χ4v) is 9.01. The SMILES string of the molecule is COC1(c2cc3cc(OC4OC(C)C(O)C(O)C4O)ccc3s2)OOC12C1CC3CC(C1)CC2C3. The van der Waals surface area contributed by atoms with Crippen LogP contribution in [0, 0.1) is 23.7 Å². The number of ether oxygens (including phenoxy) is 3. The summed E-state index contributed by atoms with van der Waals surface area (Å²) in [7, 11) is 1.72. The number of rotatable bonds is 4. The van der Waals surface area contributed by atoms with Crippen LogP contribution in [0.4, 0.5) is 0 Å². The second kappa shape index (κ2) is 7.85. The predicted octanol–water partition coefficient (Wildman–Crippen LogP) is 3.06. The molecule has 1 aromatic carbocycles. The summed E-state index contributed by atoms with van der Waals surface area (Å²) in [6.07, 6.45) is 0.510. The van der Waals surface area contributed by atoms with E-state index in [-0.39, 0.29) is 0 Å². The van der Waals surface area contributed by atoms with Crippen LogP contribution in [0.1, 0.15) is 43.9 Å². The standard InChI is InChI=1S/C26H32O8S/c1-12-21(27)22(28)23(29)24(31-12)32-18-3-4-19-15(10-18)11-20(35-19)26(30-2)25(33-34-26)16-6-13-5-14(8-16)9-17(25)7-13/h3-4,10-14,16-17,21-24,27-29H,5-9H2,1-2H3. The molecule has 9 heteroatoms. The first-order valence-electron chi connectivity index (χ1n) is 12.7. The fraction of sp³-hybridized carbons (Fsp3) is 0.692. The van der Waals surface area contributed by atoms with E-state index in [4.69, 9.17) is 24.0 Å². The van der Waals surface area contributed by atoms with E-state index in [1.807, 2.05) is 18.2 Å². The van der Waals surface area contributed by atoms with Gasteiger partial charge in [0.1, 0.15) is 24.1 Å². The quantitative estimate of drug-likeness (QED) is 0.546. The minimum atomic E-state index is -1.36. The first-order valence-corrected chi connectivity index (χ1v) is 13.5. The molecule has 2 aliphatic heterocycles. The maximum absolute atomic E-state index is 10.3. The first-order chi connectivity index (χ1) is 16.8. The average molecular weight is 505 g/mol. The number of hydrogen-bond donors (Lipinski definition) is 3. The lowest BCUT2D eigenvalue weighted by Gasteiger charge is -2.68. The van der Waals surface area contributed by atoms with Crippen LogP contribution >= 0.6 is 11.3 Å². The van der Waals surface area contributed by atoms with Crippen LogP contribution in [0.3, 0.4) is 0 Å². The van der Waals surface area contributed by atoms with E-state index in [9.17, 15) is 15.3 Å². The minimum Gasteiger partial charge on any atom is -0.462 e. The smallest absolute Gasteiger partial charge is 0.269 e. The highest BCUT2D eigenvalue weighted by Gasteiger charge is 2.77. The van der Waals surface area contributed by atoms with E-state index < -0.39 is 42.1 Å². The van der Waals surface area contributed by atoms with Gasteiger partial charge in [-0.25, -0.2) is 4.89 Å². The Kier molecular flexibility index (Phi) is 5.13. The van der Waals surface area contributed by atoms with Crippen LogP contribution in [0.25, 0.3) is 10.1 Å². The zero-order chi connectivity index (χ0) is 24.1. The van der Waals surface area contributed by atoms with Crippen molar-refractivity contribution >= 4 is 21.4 Å². The molecule has 0 radical (unpaired) electrons. The fourth-order valence-electron chi connectivity index (χ4n) is 7.80. The molecular formula is C26H32O8S. The lowest BCUT2D eigenvalue weighted by molar-refractivity contribution is -0.644.